The van der Waals surface area contributed by atoms with Crippen LogP contribution in [0, 0.1) is 6.92 Å². The Bertz CT molecular complexity index is 654. The summed E-state index contributed by atoms with van der Waals surface area (Å²) in [6.45, 7) is 5.95. The Hall–Kier alpha value is -1.53. The Kier molecular flexibility index (Phi) is 4.11. The summed E-state index contributed by atoms with van der Waals surface area (Å²) in [5.41, 5.74) is 2.43. The van der Waals surface area contributed by atoms with Gasteiger partial charge in [-0.2, -0.15) is 0 Å². The van der Waals surface area contributed by atoms with Gasteiger partial charge in [-0.05, 0) is 18.6 Å². The molecule has 0 bridgehead atoms. The van der Waals surface area contributed by atoms with Crippen LogP contribution in [-0.2, 0) is 11.3 Å². The number of aliphatic carboxylic acids is 1. The first-order valence-corrected chi connectivity index (χ1v) is 6.85. The fourth-order valence-electron chi connectivity index (χ4n) is 1.67. The number of halogens is 1. The maximum absolute atomic E-state index is 10.7. The third kappa shape index (κ3) is 3.08. The van der Waals surface area contributed by atoms with Crippen LogP contribution in [0.1, 0.15) is 5.56 Å². The predicted octanol–water partition coefficient (Wildman–Crippen LogP) is 2.67. The molecule has 100 valence electrons. The van der Waals surface area contributed by atoms with Crippen molar-refractivity contribution in [1.82, 2.24) is 14.5 Å². The van der Waals surface area contributed by atoms with E-state index in [0.29, 0.717) is 22.4 Å². The highest BCUT2D eigenvalue weighted by Crippen LogP contribution is 2.25. The zero-order chi connectivity index (χ0) is 14.0. The Balaban J connectivity index is 2.50. The lowest BCUT2D eigenvalue weighted by atomic mass is 10.3. The van der Waals surface area contributed by atoms with Crippen molar-refractivity contribution in [1.29, 1.82) is 0 Å². The van der Waals surface area contributed by atoms with Crippen molar-refractivity contribution in [2.45, 2.75) is 18.6 Å². The van der Waals surface area contributed by atoms with E-state index in [0.717, 1.165) is 22.8 Å². The van der Waals surface area contributed by atoms with Gasteiger partial charge in [-0.1, -0.05) is 29.9 Å². The molecule has 0 saturated heterocycles. The molecule has 0 fully saturated rings. The maximum atomic E-state index is 10.7. The highest BCUT2D eigenvalue weighted by molar-refractivity contribution is 7.99. The second kappa shape index (κ2) is 5.63. The molecule has 0 unspecified atom stereocenters. The standard InChI is InChI=1S/C12H12ClN3O2S/c1-7-3-4-14-11-10(7)15-12(19-6-9(17)18)16(11)5-8(2)13/h3-4H,2,5-6H2,1H3,(H,17,18). The van der Waals surface area contributed by atoms with Gasteiger partial charge in [0.1, 0.15) is 5.52 Å². The highest BCUT2D eigenvalue weighted by Gasteiger charge is 2.15. The zero-order valence-corrected chi connectivity index (χ0v) is 11.8. The van der Waals surface area contributed by atoms with E-state index in [4.69, 9.17) is 16.7 Å². The predicted molar refractivity (Wildman–Crippen MR) is 75.6 cm³/mol. The second-order valence-electron chi connectivity index (χ2n) is 3.98. The lowest BCUT2D eigenvalue weighted by Crippen LogP contribution is -2.04. The van der Waals surface area contributed by atoms with Crippen LogP contribution < -0.4 is 0 Å². The second-order valence-corrected chi connectivity index (χ2v) is 5.46. The molecule has 19 heavy (non-hydrogen) atoms. The number of pyridine rings is 1. The molecule has 5 nitrogen and oxygen atoms in total. The zero-order valence-electron chi connectivity index (χ0n) is 10.3. The maximum Gasteiger partial charge on any atom is 0.313 e. The molecule has 0 aliphatic heterocycles. The van der Waals surface area contributed by atoms with Crippen molar-refractivity contribution in [3.05, 3.63) is 29.4 Å². The summed E-state index contributed by atoms with van der Waals surface area (Å²) in [5, 5.41) is 9.79. The summed E-state index contributed by atoms with van der Waals surface area (Å²) < 4.78 is 1.78. The monoisotopic (exact) mass is 297 g/mol. The summed E-state index contributed by atoms with van der Waals surface area (Å²) in [7, 11) is 0. The van der Waals surface area contributed by atoms with Crippen molar-refractivity contribution in [3.8, 4) is 0 Å². The van der Waals surface area contributed by atoms with Gasteiger partial charge in [0.25, 0.3) is 0 Å². The molecule has 2 aromatic heterocycles. The van der Waals surface area contributed by atoms with Gasteiger partial charge in [0.2, 0.25) is 0 Å². The number of thioether (sulfide) groups is 1. The molecule has 2 aromatic rings. The molecule has 0 spiro atoms. The Morgan fingerprint density at radius 3 is 3.00 bits per heavy atom. The van der Waals surface area contributed by atoms with E-state index in [1.807, 2.05) is 13.0 Å². The van der Waals surface area contributed by atoms with Gasteiger partial charge in [-0.25, -0.2) is 9.97 Å². The summed E-state index contributed by atoms with van der Waals surface area (Å²) in [6.07, 6.45) is 1.69. The fraction of sp³-hybridized carbons (Fsp3) is 0.250. The molecular formula is C12H12ClN3O2S. The van der Waals surface area contributed by atoms with E-state index in [9.17, 15) is 4.79 Å². The van der Waals surface area contributed by atoms with Gasteiger partial charge < -0.3 is 5.11 Å². The van der Waals surface area contributed by atoms with Crippen molar-refractivity contribution >= 4 is 40.5 Å². The molecule has 0 radical (unpaired) electrons. The van der Waals surface area contributed by atoms with Crippen LogP contribution in [0.2, 0.25) is 0 Å². The lowest BCUT2D eigenvalue weighted by molar-refractivity contribution is -0.133. The average Bonchev–Trinajstić information content (AvgIpc) is 2.66. The molecule has 2 heterocycles. The summed E-state index contributed by atoms with van der Waals surface area (Å²) in [5.74, 6) is -0.949. The number of carbonyl (C=O) groups is 1. The Morgan fingerprint density at radius 2 is 2.37 bits per heavy atom. The third-order valence-electron chi connectivity index (χ3n) is 2.46. The minimum Gasteiger partial charge on any atom is -0.481 e. The normalized spacial score (nSPS) is 10.8. The van der Waals surface area contributed by atoms with Gasteiger partial charge in [0.05, 0.1) is 12.3 Å². The van der Waals surface area contributed by atoms with Crippen LogP contribution >= 0.6 is 23.4 Å². The quantitative estimate of drug-likeness (QED) is 0.859. The van der Waals surface area contributed by atoms with Crippen LogP contribution in [0.5, 0.6) is 0 Å². The molecule has 1 N–H and O–H groups in total. The van der Waals surface area contributed by atoms with Gasteiger partial charge in [-0.3, -0.25) is 9.36 Å². The third-order valence-corrected chi connectivity index (χ3v) is 3.54. The first kappa shape index (κ1) is 13.9. The number of aromatic nitrogens is 3. The first-order valence-electron chi connectivity index (χ1n) is 5.48. The van der Waals surface area contributed by atoms with Gasteiger partial charge in [-0.15, -0.1) is 0 Å². The van der Waals surface area contributed by atoms with Gasteiger partial charge in [0, 0.05) is 11.2 Å². The summed E-state index contributed by atoms with van der Waals surface area (Å²) in [6, 6.07) is 1.86. The molecule has 0 aliphatic rings. The number of carboxylic acid groups (broad SMARTS) is 1. The molecule has 0 aliphatic carbocycles. The number of aryl methyl sites for hydroxylation is 1. The van der Waals surface area contributed by atoms with Crippen LogP contribution in [0.15, 0.2) is 29.0 Å². The molecule has 0 aromatic carbocycles. The Morgan fingerprint density at radius 1 is 1.63 bits per heavy atom. The van der Waals surface area contributed by atoms with Crippen molar-refractivity contribution in [2.24, 2.45) is 0 Å². The van der Waals surface area contributed by atoms with E-state index >= 15 is 0 Å². The molecule has 0 amide bonds. The summed E-state index contributed by atoms with van der Waals surface area (Å²) >= 11 is 6.99. The first-order chi connectivity index (χ1) is 8.99. The van der Waals surface area contributed by atoms with Crippen molar-refractivity contribution in [2.75, 3.05) is 5.75 Å². The molecule has 0 saturated carbocycles. The van der Waals surface area contributed by atoms with E-state index in [1.54, 1.807) is 10.8 Å². The number of imidazole rings is 1. The molecule has 2 rings (SSSR count). The number of nitrogens with zero attached hydrogens (tertiary/aromatic N) is 3. The number of hydrogen-bond acceptors (Lipinski definition) is 4. The molecule has 0 atom stereocenters. The lowest BCUT2D eigenvalue weighted by Gasteiger charge is -2.05. The highest BCUT2D eigenvalue weighted by atomic mass is 35.5. The van der Waals surface area contributed by atoms with E-state index in [1.165, 1.54) is 0 Å². The summed E-state index contributed by atoms with van der Waals surface area (Å²) in [4.78, 5) is 19.4. The van der Waals surface area contributed by atoms with Crippen LogP contribution in [0.25, 0.3) is 11.2 Å². The number of hydrogen-bond donors (Lipinski definition) is 1. The largest absolute Gasteiger partial charge is 0.481 e. The van der Waals surface area contributed by atoms with E-state index < -0.39 is 5.97 Å². The minimum absolute atomic E-state index is 0.0584. The van der Waals surface area contributed by atoms with E-state index in [-0.39, 0.29) is 5.75 Å². The Labute approximate surface area is 119 Å². The van der Waals surface area contributed by atoms with Crippen LogP contribution in [0.3, 0.4) is 0 Å². The number of carboxylic acids is 1. The molecule has 7 heteroatoms. The van der Waals surface area contributed by atoms with Crippen molar-refractivity contribution < 1.29 is 9.90 Å². The van der Waals surface area contributed by atoms with Gasteiger partial charge >= 0.3 is 5.97 Å². The SMILES string of the molecule is C=C(Cl)Cn1c(SCC(=O)O)nc2c(C)ccnc21. The topological polar surface area (TPSA) is 68.0 Å². The smallest absolute Gasteiger partial charge is 0.313 e. The van der Waals surface area contributed by atoms with Crippen LogP contribution in [-0.4, -0.2) is 31.4 Å². The number of fused-ring (bicyclic) bond motifs is 1. The minimum atomic E-state index is -0.891. The molecular weight excluding hydrogens is 286 g/mol. The van der Waals surface area contributed by atoms with Crippen molar-refractivity contribution in [3.63, 3.8) is 0 Å². The van der Waals surface area contributed by atoms with Crippen LogP contribution in [0.4, 0.5) is 0 Å². The fourth-order valence-corrected chi connectivity index (χ4v) is 2.50. The van der Waals surface area contributed by atoms with Gasteiger partial charge in [0.15, 0.2) is 10.8 Å². The number of allylic oxidation sites excluding steroid dienone is 1. The van der Waals surface area contributed by atoms with E-state index in [2.05, 4.69) is 16.5 Å². The number of rotatable bonds is 5. The average molecular weight is 298 g/mol.